The molecule has 0 aliphatic heterocycles. The van der Waals surface area contributed by atoms with E-state index in [1.165, 1.54) is 0 Å². The van der Waals surface area contributed by atoms with Crippen molar-refractivity contribution in [2.45, 2.75) is 0 Å². The summed E-state index contributed by atoms with van der Waals surface area (Å²) in [6.45, 7) is -0.250. The third-order valence-electron chi connectivity index (χ3n) is 0.283. The molecule has 0 rings (SSSR count). The molecule has 0 aromatic carbocycles. The smallest absolute Gasteiger partial charge is 0.414 e. The predicted octanol–water partition coefficient (Wildman–Crippen LogP) is -1.87. The second kappa shape index (κ2) is 7.86. The summed E-state index contributed by atoms with van der Waals surface area (Å²) in [6.07, 6.45) is 0. The Morgan fingerprint density at radius 3 is 1.10 bits per heavy atom. The van der Waals surface area contributed by atoms with Gasteiger partial charge in [0.2, 0.25) is 0 Å². The van der Waals surface area contributed by atoms with Crippen LogP contribution in [0.25, 0.3) is 0 Å². The van der Waals surface area contributed by atoms with Crippen molar-refractivity contribution in [2.75, 3.05) is 13.2 Å². The van der Waals surface area contributed by atoms with Crippen LogP contribution in [0, 0.1) is 0 Å². The van der Waals surface area contributed by atoms with Gasteiger partial charge in [-0.1, -0.05) is 0 Å². The standard InChI is InChI=1S/C2H2O4.C2H6O2/c3-1(4)2(5)6;3-1-2-4/h(H,3,4)(H,5,6);3-4H,1-2H2. The molecular weight excluding hydrogens is 144 g/mol. The molecule has 0 aliphatic rings. The third-order valence-corrected chi connectivity index (χ3v) is 0.283. The number of carbonyl (C=O) groups is 2. The summed E-state index contributed by atoms with van der Waals surface area (Å²) >= 11 is 0. The van der Waals surface area contributed by atoms with Gasteiger partial charge in [-0.3, -0.25) is 0 Å². The van der Waals surface area contributed by atoms with Gasteiger partial charge in [0, 0.05) is 0 Å². The van der Waals surface area contributed by atoms with Gasteiger partial charge in [0.15, 0.2) is 0 Å². The number of aliphatic hydroxyl groups excluding tert-OH is 2. The van der Waals surface area contributed by atoms with Crippen LogP contribution in [-0.4, -0.2) is 45.6 Å². The Morgan fingerprint density at radius 1 is 0.900 bits per heavy atom. The van der Waals surface area contributed by atoms with Crippen molar-refractivity contribution in [2.24, 2.45) is 0 Å². The quantitative estimate of drug-likeness (QED) is 0.327. The van der Waals surface area contributed by atoms with Crippen LogP contribution < -0.4 is 0 Å². The summed E-state index contributed by atoms with van der Waals surface area (Å²) < 4.78 is 0. The highest BCUT2D eigenvalue weighted by Gasteiger charge is 2.04. The van der Waals surface area contributed by atoms with E-state index < -0.39 is 11.9 Å². The average molecular weight is 152 g/mol. The Hall–Kier alpha value is -1.14. The Balaban J connectivity index is 0. The first-order valence-corrected chi connectivity index (χ1v) is 2.24. The first-order chi connectivity index (χ1) is 4.56. The maximum atomic E-state index is 9.10. The molecule has 0 aromatic heterocycles. The predicted molar refractivity (Wildman–Crippen MR) is 29.4 cm³/mol. The Kier molecular flexibility index (Phi) is 9.14. The van der Waals surface area contributed by atoms with Gasteiger partial charge in [0.1, 0.15) is 0 Å². The number of aliphatic hydroxyl groups is 2. The molecule has 0 heterocycles. The average Bonchev–Trinajstić information content (AvgIpc) is 1.89. The van der Waals surface area contributed by atoms with E-state index in [2.05, 4.69) is 0 Å². The molecule has 0 saturated heterocycles. The Labute approximate surface area is 56.3 Å². The molecule has 0 aromatic rings. The molecule has 0 fully saturated rings. The molecule has 0 saturated carbocycles. The minimum absolute atomic E-state index is 0.125. The molecule has 10 heavy (non-hydrogen) atoms. The van der Waals surface area contributed by atoms with Crippen LogP contribution in [0.3, 0.4) is 0 Å². The Morgan fingerprint density at radius 2 is 1.10 bits per heavy atom. The molecule has 0 amide bonds. The van der Waals surface area contributed by atoms with Crippen molar-refractivity contribution in [3.63, 3.8) is 0 Å². The first-order valence-electron chi connectivity index (χ1n) is 2.24. The molecule has 0 radical (unpaired) electrons. The van der Waals surface area contributed by atoms with Crippen molar-refractivity contribution < 1.29 is 30.0 Å². The fourth-order valence-corrected chi connectivity index (χ4v) is 0. The number of carboxylic acid groups (broad SMARTS) is 2. The molecule has 0 unspecified atom stereocenters. The van der Waals surface area contributed by atoms with Crippen LogP contribution in [0.2, 0.25) is 0 Å². The van der Waals surface area contributed by atoms with Crippen LogP contribution in [0.15, 0.2) is 0 Å². The van der Waals surface area contributed by atoms with Crippen LogP contribution in [-0.2, 0) is 9.59 Å². The van der Waals surface area contributed by atoms with E-state index in [0.717, 1.165) is 0 Å². The highest BCUT2D eigenvalue weighted by Crippen LogP contribution is 1.56. The van der Waals surface area contributed by atoms with Crippen molar-refractivity contribution in [3.8, 4) is 0 Å². The summed E-state index contributed by atoms with van der Waals surface area (Å²) in [5, 5.41) is 30.0. The molecule has 0 aliphatic carbocycles. The van der Waals surface area contributed by atoms with Gasteiger partial charge < -0.3 is 20.4 Å². The van der Waals surface area contributed by atoms with Crippen LogP contribution in [0.1, 0.15) is 0 Å². The normalized spacial score (nSPS) is 7.40. The van der Waals surface area contributed by atoms with Gasteiger partial charge in [-0.15, -0.1) is 0 Å². The van der Waals surface area contributed by atoms with E-state index in [1.807, 2.05) is 0 Å². The summed E-state index contributed by atoms with van der Waals surface area (Å²) in [5.74, 6) is -3.65. The summed E-state index contributed by atoms with van der Waals surface area (Å²) in [6, 6.07) is 0. The number of rotatable bonds is 1. The fourth-order valence-electron chi connectivity index (χ4n) is 0. The van der Waals surface area contributed by atoms with Gasteiger partial charge in [-0.25, -0.2) is 9.59 Å². The zero-order valence-corrected chi connectivity index (χ0v) is 5.02. The molecule has 0 spiro atoms. The minimum Gasteiger partial charge on any atom is -0.473 e. The minimum atomic E-state index is -1.82. The number of aliphatic carboxylic acids is 2. The zero-order chi connectivity index (χ0) is 8.57. The number of hydrogen-bond donors (Lipinski definition) is 4. The van der Waals surface area contributed by atoms with E-state index >= 15 is 0 Å². The maximum absolute atomic E-state index is 9.10. The zero-order valence-electron chi connectivity index (χ0n) is 5.02. The highest BCUT2D eigenvalue weighted by molar-refractivity contribution is 6.27. The van der Waals surface area contributed by atoms with E-state index in [9.17, 15) is 0 Å². The second-order valence-electron chi connectivity index (χ2n) is 1.06. The van der Waals surface area contributed by atoms with Gasteiger partial charge in [-0.2, -0.15) is 0 Å². The molecular formula is C4H8O6. The first kappa shape index (κ1) is 11.6. The van der Waals surface area contributed by atoms with Crippen molar-refractivity contribution in [1.29, 1.82) is 0 Å². The van der Waals surface area contributed by atoms with Crippen LogP contribution in [0.5, 0.6) is 0 Å². The molecule has 6 heteroatoms. The topological polar surface area (TPSA) is 115 Å². The molecule has 0 bridgehead atoms. The van der Waals surface area contributed by atoms with Gasteiger partial charge >= 0.3 is 11.9 Å². The monoisotopic (exact) mass is 152 g/mol. The summed E-state index contributed by atoms with van der Waals surface area (Å²) in [5.41, 5.74) is 0. The van der Waals surface area contributed by atoms with Crippen molar-refractivity contribution in [1.82, 2.24) is 0 Å². The molecule has 4 N–H and O–H groups in total. The lowest BCUT2D eigenvalue weighted by atomic mass is 10.7. The number of hydrogen-bond acceptors (Lipinski definition) is 4. The van der Waals surface area contributed by atoms with Gasteiger partial charge in [0.05, 0.1) is 13.2 Å². The fraction of sp³-hybridized carbons (Fsp3) is 0.500. The van der Waals surface area contributed by atoms with E-state index in [4.69, 9.17) is 30.0 Å². The molecule has 60 valence electrons. The molecule has 6 nitrogen and oxygen atoms in total. The largest absolute Gasteiger partial charge is 0.473 e. The van der Waals surface area contributed by atoms with Gasteiger partial charge in [-0.05, 0) is 0 Å². The molecule has 0 atom stereocenters. The van der Waals surface area contributed by atoms with Gasteiger partial charge in [0.25, 0.3) is 0 Å². The van der Waals surface area contributed by atoms with E-state index in [0.29, 0.717) is 0 Å². The maximum Gasteiger partial charge on any atom is 0.414 e. The lowest BCUT2D eigenvalue weighted by Crippen LogP contribution is -2.09. The van der Waals surface area contributed by atoms with E-state index in [1.54, 1.807) is 0 Å². The van der Waals surface area contributed by atoms with E-state index in [-0.39, 0.29) is 13.2 Å². The number of carboxylic acids is 2. The van der Waals surface area contributed by atoms with Crippen molar-refractivity contribution >= 4 is 11.9 Å². The summed E-state index contributed by atoms with van der Waals surface area (Å²) in [4.78, 5) is 18.2. The van der Waals surface area contributed by atoms with Crippen LogP contribution in [0.4, 0.5) is 0 Å². The Bertz CT molecular complexity index is 94.3. The SMILES string of the molecule is O=C(O)C(=O)O.OCCO. The van der Waals surface area contributed by atoms with Crippen molar-refractivity contribution in [3.05, 3.63) is 0 Å². The third kappa shape index (κ3) is 15.8. The van der Waals surface area contributed by atoms with Crippen LogP contribution >= 0.6 is 0 Å². The summed E-state index contributed by atoms with van der Waals surface area (Å²) in [7, 11) is 0. The lowest BCUT2D eigenvalue weighted by Gasteiger charge is -1.72. The lowest BCUT2D eigenvalue weighted by molar-refractivity contribution is -0.159. The second-order valence-corrected chi connectivity index (χ2v) is 1.06. The highest BCUT2D eigenvalue weighted by atomic mass is 16.4.